The molecule has 0 fully saturated rings. The van der Waals surface area contributed by atoms with Crippen LogP contribution in [0, 0.1) is 0 Å². The molecule has 0 unspecified atom stereocenters. The predicted molar refractivity (Wildman–Crippen MR) is 60.7 cm³/mol. The fraction of sp³-hybridized carbons (Fsp3) is 1.00. The molecular formula is C2H5F6N3O8P2S2. The van der Waals surface area contributed by atoms with Gasteiger partial charge in [-0.25, -0.2) is 8.42 Å². The molecule has 0 aromatic heterocycles. The normalized spacial score (nSPS) is 15.4. The number of alkyl halides is 6. The summed E-state index contributed by atoms with van der Waals surface area (Å²) in [6.45, 7) is 0. The van der Waals surface area contributed by atoms with Gasteiger partial charge in [-0.05, 0) is 0 Å². The lowest BCUT2D eigenvalue weighted by Gasteiger charge is -2.16. The number of hydrogen-bond acceptors (Lipinski definition) is 4. The molecule has 0 atom stereocenters. The molecule has 5 N–H and O–H groups in total. The van der Waals surface area contributed by atoms with Gasteiger partial charge in [0.15, 0.2) is 0 Å². The van der Waals surface area contributed by atoms with E-state index in [1.807, 2.05) is 0 Å². The molecule has 0 aliphatic heterocycles. The summed E-state index contributed by atoms with van der Waals surface area (Å²) in [5.41, 5.74) is -12.3. The van der Waals surface area contributed by atoms with Crippen LogP contribution in [0.1, 0.15) is 0 Å². The van der Waals surface area contributed by atoms with Gasteiger partial charge >= 0.3 is 46.4 Å². The number of hydrogen-bond donors (Lipinski definition) is 5. The van der Waals surface area contributed by atoms with Crippen LogP contribution in [-0.2, 0) is 20.0 Å². The molecular weight excluding hydrogens is 434 g/mol. The average Bonchev–Trinajstić information content (AvgIpc) is 2.05. The van der Waals surface area contributed by atoms with Crippen molar-refractivity contribution in [2.45, 2.75) is 11.0 Å². The van der Waals surface area contributed by atoms with Crippen molar-refractivity contribution in [3.05, 3.63) is 0 Å². The van der Waals surface area contributed by atoms with Crippen LogP contribution < -0.4 is 4.49 Å². The Hall–Kier alpha value is -0.260. The summed E-state index contributed by atoms with van der Waals surface area (Å²) in [6.07, 6.45) is 0. The second kappa shape index (κ2) is 6.23. The minimum absolute atomic E-state index is 0.0277. The van der Waals surface area contributed by atoms with E-state index in [0.29, 0.717) is 0 Å². The van der Waals surface area contributed by atoms with Crippen LogP contribution in [0.25, 0.3) is 0 Å². The number of nitrogens with one attached hydrogen (secondary N) is 1. The summed E-state index contributed by atoms with van der Waals surface area (Å²) in [4.78, 5) is 35.2. The molecule has 0 amide bonds. The second-order valence-electron chi connectivity index (χ2n) is 3.24. The minimum Gasteiger partial charge on any atom is -0.327 e. The van der Waals surface area contributed by atoms with E-state index >= 15 is 0 Å². The van der Waals surface area contributed by atoms with Gasteiger partial charge in [-0.2, -0.15) is 34.8 Å². The molecule has 0 saturated carbocycles. The molecule has 0 aliphatic carbocycles. The Morgan fingerprint density at radius 2 is 1.22 bits per heavy atom. The van der Waals surface area contributed by atoms with Crippen molar-refractivity contribution < 1.29 is 62.8 Å². The molecule has 0 spiro atoms. The van der Waals surface area contributed by atoms with Crippen molar-refractivity contribution in [3.63, 3.8) is 0 Å². The van der Waals surface area contributed by atoms with E-state index in [-0.39, 0.29) is 4.49 Å². The van der Waals surface area contributed by atoms with Crippen molar-refractivity contribution in [1.82, 2.24) is 4.49 Å². The molecule has 0 aliphatic rings. The van der Waals surface area contributed by atoms with Gasteiger partial charge in [0.1, 0.15) is 0 Å². The first kappa shape index (κ1) is 22.7. The SMILES string of the molecule is O=S(=O)(N=P(O)(O)N=P(O)(O)NS(=O)(=O)C(F)(F)F)C(F)(F)F. The lowest BCUT2D eigenvalue weighted by molar-refractivity contribution is -0.0445. The van der Waals surface area contributed by atoms with E-state index in [1.165, 1.54) is 4.15 Å². The number of halogens is 6. The summed E-state index contributed by atoms with van der Waals surface area (Å²) >= 11 is 0. The van der Waals surface area contributed by atoms with Crippen LogP contribution in [0.3, 0.4) is 0 Å². The number of sulfonamides is 2. The van der Waals surface area contributed by atoms with E-state index in [0.717, 1.165) is 0 Å². The smallest absolute Gasteiger partial charge is 0.327 e. The van der Waals surface area contributed by atoms with Crippen LogP contribution in [0.4, 0.5) is 26.3 Å². The van der Waals surface area contributed by atoms with Gasteiger partial charge in [0.25, 0.3) is 0 Å². The molecule has 0 radical (unpaired) electrons. The molecule has 0 rings (SSSR count). The highest BCUT2D eigenvalue weighted by Crippen LogP contribution is 2.55. The van der Waals surface area contributed by atoms with E-state index < -0.39 is 46.4 Å². The van der Waals surface area contributed by atoms with Crippen molar-refractivity contribution in [3.8, 4) is 0 Å². The fourth-order valence-corrected chi connectivity index (χ4v) is 6.07. The van der Waals surface area contributed by atoms with Crippen molar-refractivity contribution in [1.29, 1.82) is 0 Å². The third-order valence-corrected chi connectivity index (χ3v) is 8.13. The Morgan fingerprint density at radius 1 is 0.826 bits per heavy atom. The Kier molecular flexibility index (Phi) is 6.16. The van der Waals surface area contributed by atoms with E-state index in [9.17, 15) is 43.2 Å². The topological polar surface area (TPSA) is 186 Å². The molecule has 0 heterocycles. The lowest BCUT2D eigenvalue weighted by Crippen LogP contribution is -2.34. The first-order valence-electron chi connectivity index (χ1n) is 4.22. The molecule has 0 aromatic rings. The van der Waals surface area contributed by atoms with Gasteiger partial charge in [0, 0.05) is 0 Å². The quantitative estimate of drug-likeness (QED) is 0.302. The van der Waals surface area contributed by atoms with Crippen LogP contribution in [0.5, 0.6) is 0 Å². The molecule has 23 heavy (non-hydrogen) atoms. The maximum atomic E-state index is 11.9. The zero-order valence-electron chi connectivity index (χ0n) is 9.79. The van der Waals surface area contributed by atoms with Gasteiger partial charge in [0.05, 0.1) is 0 Å². The van der Waals surface area contributed by atoms with Gasteiger partial charge in [-0.3, -0.25) is 0 Å². The van der Waals surface area contributed by atoms with Gasteiger partial charge < -0.3 is 19.6 Å². The molecule has 0 bridgehead atoms. The third kappa shape index (κ3) is 6.63. The summed E-state index contributed by atoms with van der Waals surface area (Å²) in [5, 5.41) is 0. The zero-order valence-corrected chi connectivity index (χ0v) is 13.2. The third-order valence-electron chi connectivity index (χ3n) is 1.30. The van der Waals surface area contributed by atoms with Gasteiger partial charge in [-0.15, -0.1) is 9.01 Å². The highest BCUT2D eigenvalue weighted by molar-refractivity contribution is 7.96. The maximum absolute atomic E-state index is 11.9. The zero-order chi connectivity index (χ0) is 19.1. The van der Waals surface area contributed by atoms with E-state index in [1.54, 1.807) is 4.52 Å². The molecule has 0 aromatic carbocycles. The second-order valence-corrected chi connectivity index (χ2v) is 10.4. The fourth-order valence-electron chi connectivity index (χ4n) is 0.605. The first-order chi connectivity index (χ1) is 9.62. The Balaban J connectivity index is 6.05. The van der Waals surface area contributed by atoms with E-state index in [2.05, 4.69) is 0 Å². The monoisotopic (exact) mass is 439 g/mol. The molecule has 21 heteroatoms. The van der Waals surface area contributed by atoms with Crippen molar-refractivity contribution >= 4 is 35.4 Å². The van der Waals surface area contributed by atoms with Crippen LogP contribution >= 0.6 is 15.3 Å². The lowest BCUT2D eigenvalue weighted by atomic mass is 11.6. The van der Waals surface area contributed by atoms with Crippen LogP contribution in [-0.4, -0.2) is 47.4 Å². The minimum atomic E-state index is -6.62. The summed E-state index contributed by atoms with van der Waals surface area (Å²) < 4.78 is 117. The maximum Gasteiger partial charge on any atom is 0.518 e. The van der Waals surface area contributed by atoms with Crippen LogP contribution in [0.15, 0.2) is 8.67 Å². The summed E-state index contributed by atoms with van der Waals surface area (Å²) in [7, 11) is -25.3. The molecule has 140 valence electrons. The number of rotatable bonds is 4. The van der Waals surface area contributed by atoms with Crippen molar-refractivity contribution in [2.75, 3.05) is 0 Å². The molecule has 11 nitrogen and oxygen atoms in total. The number of nitrogens with zero attached hydrogens (tertiary/aromatic N) is 2. The standard InChI is InChI=1S/C2H5F6N3O8P2S2/c3-1(4,5)22(16,17)10-20(12,13)9-21(14,15)11-23(18,19)2(6,7)8/h10,12-15H. The first-order valence-corrected chi connectivity index (χ1v) is 10.4. The highest BCUT2D eigenvalue weighted by atomic mass is 32.2. The largest absolute Gasteiger partial charge is 0.518 e. The predicted octanol–water partition coefficient (Wildman–Crippen LogP) is 0.137. The Bertz CT molecular complexity index is 768. The van der Waals surface area contributed by atoms with Crippen LogP contribution in [0.2, 0.25) is 0 Å². The van der Waals surface area contributed by atoms with E-state index in [4.69, 9.17) is 19.6 Å². The highest BCUT2D eigenvalue weighted by Gasteiger charge is 2.50. The molecule has 0 saturated heterocycles. The van der Waals surface area contributed by atoms with Gasteiger partial charge in [0.2, 0.25) is 0 Å². The Labute approximate surface area is 123 Å². The van der Waals surface area contributed by atoms with Gasteiger partial charge in [-0.1, -0.05) is 4.15 Å². The summed E-state index contributed by atoms with van der Waals surface area (Å²) in [6, 6.07) is 0. The Morgan fingerprint density at radius 3 is 1.52 bits per heavy atom. The summed E-state index contributed by atoms with van der Waals surface area (Å²) in [5.74, 6) is 0. The van der Waals surface area contributed by atoms with Crippen molar-refractivity contribution in [2.24, 2.45) is 8.67 Å². The average molecular weight is 439 g/mol.